The zero-order valence-corrected chi connectivity index (χ0v) is 11.7. The lowest BCUT2D eigenvalue weighted by atomic mass is 9.67. The lowest BCUT2D eigenvalue weighted by Crippen LogP contribution is -2.49. The number of nitrogens with one attached hydrogen (secondary N) is 2. The van der Waals surface area contributed by atoms with Crippen molar-refractivity contribution in [1.82, 2.24) is 10.6 Å². The van der Waals surface area contributed by atoms with E-state index in [0.717, 1.165) is 19.3 Å². The molecule has 5 nitrogen and oxygen atoms in total. The molecular weight excluding hydrogens is 232 g/mol. The molecule has 0 heterocycles. The van der Waals surface area contributed by atoms with Crippen LogP contribution in [0.2, 0.25) is 0 Å². The second kappa shape index (κ2) is 6.38. The quantitative estimate of drug-likeness (QED) is 0.644. The summed E-state index contributed by atoms with van der Waals surface area (Å²) >= 11 is 0. The molecule has 106 valence electrons. The molecule has 0 atom stereocenters. The Morgan fingerprint density at radius 2 is 2.06 bits per heavy atom. The number of hydrogen-bond acceptors (Lipinski definition) is 3. The molecule has 1 aliphatic rings. The number of amides is 2. The van der Waals surface area contributed by atoms with Gasteiger partial charge in [-0.05, 0) is 38.5 Å². The van der Waals surface area contributed by atoms with E-state index in [-0.39, 0.29) is 23.7 Å². The fraction of sp³-hybridized carbons (Fsp3) is 0.923. The zero-order valence-electron chi connectivity index (χ0n) is 11.7. The van der Waals surface area contributed by atoms with E-state index in [0.29, 0.717) is 13.1 Å². The maximum absolute atomic E-state index is 11.7. The summed E-state index contributed by atoms with van der Waals surface area (Å²) in [6.45, 7) is 5.16. The normalized spacial score (nSPS) is 18.0. The number of aliphatic hydroxyl groups excluding tert-OH is 1. The third kappa shape index (κ3) is 4.46. The smallest absolute Gasteiger partial charge is 0.314 e. The van der Waals surface area contributed by atoms with Crippen molar-refractivity contribution >= 4 is 6.03 Å². The highest BCUT2D eigenvalue weighted by atomic mass is 16.5. The van der Waals surface area contributed by atoms with Crippen LogP contribution in [0.1, 0.15) is 39.5 Å². The maximum atomic E-state index is 11.7. The summed E-state index contributed by atoms with van der Waals surface area (Å²) in [5.41, 5.74) is -0.223. The molecule has 0 aromatic rings. The van der Waals surface area contributed by atoms with Crippen LogP contribution < -0.4 is 10.6 Å². The second-order valence-electron chi connectivity index (χ2n) is 5.83. The third-order valence-corrected chi connectivity index (χ3v) is 3.91. The molecule has 0 bridgehead atoms. The van der Waals surface area contributed by atoms with Gasteiger partial charge in [0.05, 0.1) is 5.60 Å². The van der Waals surface area contributed by atoms with Gasteiger partial charge in [-0.3, -0.25) is 0 Å². The molecule has 0 unspecified atom stereocenters. The van der Waals surface area contributed by atoms with E-state index in [9.17, 15) is 4.79 Å². The van der Waals surface area contributed by atoms with Crippen molar-refractivity contribution in [3.63, 3.8) is 0 Å². The van der Waals surface area contributed by atoms with Crippen molar-refractivity contribution in [2.24, 2.45) is 5.41 Å². The Hall–Kier alpha value is -0.810. The van der Waals surface area contributed by atoms with E-state index in [2.05, 4.69) is 10.6 Å². The average molecular weight is 258 g/mol. The summed E-state index contributed by atoms with van der Waals surface area (Å²) in [5.74, 6) is 0. The summed E-state index contributed by atoms with van der Waals surface area (Å²) in [5, 5.41) is 14.7. The Labute approximate surface area is 109 Å². The number of rotatable bonds is 7. The molecule has 5 heteroatoms. The number of carbonyl (C=O) groups excluding carboxylic acids is 1. The van der Waals surface area contributed by atoms with Crippen LogP contribution in [-0.4, -0.2) is 43.5 Å². The molecule has 3 N–H and O–H groups in total. The van der Waals surface area contributed by atoms with Crippen molar-refractivity contribution in [1.29, 1.82) is 0 Å². The highest BCUT2D eigenvalue weighted by Gasteiger charge is 2.36. The Kier molecular flexibility index (Phi) is 5.41. The van der Waals surface area contributed by atoms with Gasteiger partial charge < -0.3 is 20.5 Å². The molecule has 0 saturated heterocycles. The van der Waals surface area contributed by atoms with Gasteiger partial charge in [-0.2, -0.15) is 0 Å². The van der Waals surface area contributed by atoms with Crippen molar-refractivity contribution < 1.29 is 14.6 Å². The topological polar surface area (TPSA) is 70.6 Å². The van der Waals surface area contributed by atoms with Crippen molar-refractivity contribution in [3.05, 3.63) is 0 Å². The standard InChI is InChI=1S/C13H26N2O3/c1-12(2,18-3)9-14-11(17)15-10-13(7-8-16)5-4-6-13/h16H,4-10H2,1-3H3,(H2,14,15,17). The summed E-state index contributed by atoms with van der Waals surface area (Å²) in [7, 11) is 1.63. The number of aliphatic hydroxyl groups is 1. The van der Waals surface area contributed by atoms with Crippen molar-refractivity contribution in [2.75, 3.05) is 26.8 Å². The first-order valence-electron chi connectivity index (χ1n) is 6.61. The summed E-state index contributed by atoms with van der Waals surface area (Å²) in [4.78, 5) is 11.7. The Morgan fingerprint density at radius 1 is 1.39 bits per heavy atom. The van der Waals surface area contributed by atoms with Gasteiger partial charge in [-0.15, -0.1) is 0 Å². The Morgan fingerprint density at radius 3 is 2.50 bits per heavy atom. The van der Waals surface area contributed by atoms with Gasteiger partial charge in [0, 0.05) is 26.8 Å². The minimum absolute atomic E-state index is 0.128. The van der Waals surface area contributed by atoms with E-state index in [1.807, 2.05) is 13.8 Å². The number of methoxy groups -OCH3 is 1. The first-order chi connectivity index (χ1) is 8.43. The Bertz CT molecular complexity index is 275. The summed E-state index contributed by atoms with van der Waals surface area (Å²) < 4.78 is 5.23. The van der Waals surface area contributed by atoms with Crippen LogP contribution in [0.5, 0.6) is 0 Å². The largest absolute Gasteiger partial charge is 0.396 e. The predicted molar refractivity (Wildman–Crippen MR) is 70.5 cm³/mol. The second-order valence-corrected chi connectivity index (χ2v) is 5.83. The van der Waals surface area contributed by atoms with Gasteiger partial charge in [0.15, 0.2) is 0 Å². The number of urea groups is 1. The number of hydrogen-bond donors (Lipinski definition) is 3. The van der Waals surface area contributed by atoms with Gasteiger partial charge in [0.25, 0.3) is 0 Å². The molecule has 0 aromatic heterocycles. The van der Waals surface area contributed by atoms with Gasteiger partial charge in [-0.25, -0.2) is 4.79 Å². The molecule has 0 spiro atoms. The predicted octanol–water partition coefficient (Wildman–Crippen LogP) is 1.26. The molecule has 18 heavy (non-hydrogen) atoms. The minimum atomic E-state index is -0.351. The lowest BCUT2D eigenvalue weighted by molar-refractivity contribution is 0.0251. The highest BCUT2D eigenvalue weighted by Crippen LogP contribution is 2.43. The summed E-state index contributed by atoms with van der Waals surface area (Å²) in [6.07, 6.45) is 4.16. The first kappa shape index (κ1) is 15.2. The van der Waals surface area contributed by atoms with Crippen molar-refractivity contribution in [2.45, 2.75) is 45.1 Å². The highest BCUT2D eigenvalue weighted by molar-refractivity contribution is 5.73. The van der Waals surface area contributed by atoms with Gasteiger partial charge in [0.1, 0.15) is 0 Å². The van der Waals surface area contributed by atoms with Crippen LogP contribution in [-0.2, 0) is 4.74 Å². The van der Waals surface area contributed by atoms with Crippen molar-refractivity contribution in [3.8, 4) is 0 Å². The van der Waals surface area contributed by atoms with E-state index >= 15 is 0 Å². The lowest BCUT2D eigenvalue weighted by Gasteiger charge is -2.41. The molecule has 0 radical (unpaired) electrons. The monoisotopic (exact) mass is 258 g/mol. The van der Waals surface area contributed by atoms with Crippen LogP contribution in [0, 0.1) is 5.41 Å². The van der Waals surface area contributed by atoms with Gasteiger partial charge in [-0.1, -0.05) is 6.42 Å². The molecule has 1 aliphatic carbocycles. The van der Waals surface area contributed by atoms with Crippen LogP contribution in [0.3, 0.4) is 0 Å². The Balaban J connectivity index is 2.24. The number of ether oxygens (including phenoxy) is 1. The SMILES string of the molecule is COC(C)(C)CNC(=O)NCC1(CCO)CCC1. The molecule has 2 amide bonds. The van der Waals surface area contributed by atoms with E-state index in [1.165, 1.54) is 6.42 Å². The third-order valence-electron chi connectivity index (χ3n) is 3.91. The van der Waals surface area contributed by atoms with E-state index in [1.54, 1.807) is 7.11 Å². The van der Waals surface area contributed by atoms with Crippen LogP contribution in [0.25, 0.3) is 0 Å². The summed E-state index contributed by atoms with van der Waals surface area (Å²) in [6, 6.07) is -0.163. The molecular formula is C13H26N2O3. The van der Waals surface area contributed by atoms with Crippen LogP contribution in [0.15, 0.2) is 0 Å². The van der Waals surface area contributed by atoms with E-state index in [4.69, 9.17) is 9.84 Å². The number of carbonyl (C=O) groups is 1. The maximum Gasteiger partial charge on any atom is 0.314 e. The molecule has 1 rings (SSSR count). The fourth-order valence-electron chi connectivity index (χ4n) is 2.12. The zero-order chi connectivity index (χ0) is 13.6. The average Bonchev–Trinajstić information content (AvgIpc) is 2.30. The van der Waals surface area contributed by atoms with Gasteiger partial charge in [0.2, 0.25) is 0 Å². The first-order valence-corrected chi connectivity index (χ1v) is 6.61. The van der Waals surface area contributed by atoms with Gasteiger partial charge >= 0.3 is 6.03 Å². The van der Waals surface area contributed by atoms with Crippen LogP contribution in [0.4, 0.5) is 4.79 Å². The van der Waals surface area contributed by atoms with Crippen LogP contribution >= 0.6 is 0 Å². The molecule has 1 fully saturated rings. The molecule has 0 aromatic carbocycles. The fourth-order valence-corrected chi connectivity index (χ4v) is 2.12. The minimum Gasteiger partial charge on any atom is -0.396 e. The van der Waals surface area contributed by atoms with E-state index < -0.39 is 0 Å². The molecule has 0 aliphatic heterocycles. The molecule has 1 saturated carbocycles.